The van der Waals surface area contributed by atoms with Gasteiger partial charge in [0.1, 0.15) is 0 Å². The van der Waals surface area contributed by atoms with Crippen molar-refractivity contribution in [2.45, 2.75) is 38.0 Å². The van der Waals surface area contributed by atoms with Crippen molar-refractivity contribution in [3.63, 3.8) is 0 Å². The van der Waals surface area contributed by atoms with Crippen molar-refractivity contribution >= 4 is 17.4 Å². The Kier molecular flexibility index (Phi) is 4.00. The van der Waals surface area contributed by atoms with Crippen LogP contribution in [-0.2, 0) is 0 Å². The van der Waals surface area contributed by atoms with Crippen molar-refractivity contribution in [3.05, 3.63) is 35.4 Å². The zero-order valence-corrected chi connectivity index (χ0v) is 10.2. The molecule has 1 fully saturated rings. The van der Waals surface area contributed by atoms with Gasteiger partial charge in [-0.05, 0) is 36.8 Å². The Morgan fingerprint density at radius 2 is 2.19 bits per heavy atom. The summed E-state index contributed by atoms with van der Waals surface area (Å²) in [7, 11) is 0. The highest BCUT2D eigenvalue weighted by atomic mass is 35.5. The molecule has 0 bridgehead atoms. The molecular weight excluding hydrogens is 220 g/mol. The standard InChI is InChI=1S/C14H17ClO/c15-9-3-8-14(16)13-7-2-6-12(10-13)11-4-1-5-11/h2,6-7,10-11H,1,3-5,8-9H2. The molecule has 16 heavy (non-hydrogen) atoms. The highest BCUT2D eigenvalue weighted by Gasteiger charge is 2.20. The molecule has 86 valence electrons. The number of hydrogen-bond acceptors (Lipinski definition) is 1. The lowest BCUT2D eigenvalue weighted by molar-refractivity contribution is 0.0982. The molecule has 1 saturated carbocycles. The number of benzene rings is 1. The van der Waals surface area contributed by atoms with E-state index in [2.05, 4.69) is 12.1 Å². The zero-order chi connectivity index (χ0) is 11.4. The van der Waals surface area contributed by atoms with Gasteiger partial charge in [0.15, 0.2) is 5.78 Å². The van der Waals surface area contributed by atoms with Crippen molar-refractivity contribution in [1.82, 2.24) is 0 Å². The molecule has 1 aromatic rings. The number of ketones is 1. The van der Waals surface area contributed by atoms with Crippen molar-refractivity contribution in [1.29, 1.82) is 0 Å². The van der Waals surface area contributed by atoms with Crippen molar-refractivity contribution in [2.24, 2.45) is 0 Å². The highest BCUT2D eigenvalue weighted by Crippen LogP contribution is 2.36. The van der Waals surface area contributed by atoms with E-state index in [1.165, 1.54) is 24.8 Å². The Morgan fingerprint density at radius 3 is 2.81 bits per heavy atom. The van der Waals surface area contributed by atoms with E-state index in [0.717, 1.165) is 12.0 Å². The maximum absolute atomic E-state index is 11.8. The third kappa shape index (κ3) is 2.65. The van der Waals surface area contributed by atoms with E-state index in [1.807, 2.05) is 12.1 Å². The SMILES string of the molecule is O=C(CCCCl)c1cccc(C2CCC2)c1. The number of carbonyl (C=O) groups is 1. The molecule has 0 atom stereocenters. The predicted molar refractivity (Wildman–Crippen MR) is 67.3 cm³/mol. The van der Waals surface area contributed by atoms with Gasteiger partial charge in [0.2, 0.25) is 0 Å². The van der Waals surface area contributed by atoms with Gasteiger partial charge >= 0.3 is 0 Å². The fourth-order valence-electron chi connectivity index (χ4n) is 2.08. The first kappa shape index (κ1) is 11.7. The summed E-state index contributed by atoms with van der Waals surface area (Å²) in [5.41, 5.74) is 2.19. The second-order valence-corrected chi connectivity index (χ2v) is 4.85. The third-order valence-electron chi connectivity index (χ3n) is 3.32. The first-order valence-electron chi connectivity index (χ1n) is 6.00. The van der Waals surface area contributed by atoms with Gasteiger partial charge in [-0.2, -0.15) is 0 Å². The first-order valence-corrected chi connectivity index (χ1v) is 6.54. The molecule has 0 N–H and O–H groups in total. The van der Waals surface area contributed by atoms with Gasteiger partial charge in [0.25, 0.3) is 0 Å². The van der Waals surface area contributed by atoms with Crippen molar-refractivity contribution < 1.29 is 4.79 Å². The van der Waals surface area contributed by atoms with Gasteiger partial charge in [-0.1, -0.05) is 24.6 Å². The Hall–Kier alpha value is -0.820. The average molecular weight is 237 g/mol. The third-order valence-corrected chi connectivity index (χ3v) is 3.59. The summed E-state index contributed by atoms with van der Waals surface area (Å²) in [6.45, 7) is 0. The van der Waals surface area contributed by atoms with E-state index in [1.54, 1.807) is 0 Å². The van der Waals surface area contributed by atoms with Gasteiger partial charge < -0.3 is 0 Å². The van der Waals surface area contributed by atoms with Gasteiger partial charge in [-0.15, -0.1) is 11.6 Å². The Morgan fingerprint density at radius 1 is 1.38 bits per heavy atom. The van der Waals surface area contributed by atoms with E-state index < -0.39 is 0 Å². The lowest BCUT2D eigenvalue weighted by Gasteiger charge is -2.26. The molecule has 0 aliphatic heterocycles. The fraction of sp³-hybridized carbons (Fsp3) is 0.500. The number of halogens is 1. The first-order chi connectivity index (χ1) is 7.81. The van der Waals surface area contributed by atoms with Crippen LogP contribution in [0.2, 0.25) is 0 Å². The van der Waals surface area contributed by atoms with Crippen LogP contribution in [0.5, 0.6) is 0 Å². The van der Waals surface area contributed by atoms with Gasteiger partial charge in [-0.3, -0.25) is 4.79 Å². The second-order valence-electron chi connectivity index (χ2n) is 4.47. The van der Waals surface area contributed by atoms with Crippen LogP contribution in [0.25, 0.3) is 0 Å². The lowest BCUT2D eigenvalue weighted by Crippen LogP contribution is -2.09. The molecular formula is C14H17ClO. The Bertz CT molecular complexity index is 369. The molecule has 1 aromatic carbocycles. The van der Waals surface area contributed by atoms with E-state index in [-0.39, 0.29) is 5.78 Å². The molecule has 1 aliphatic carbocycles. The zero-order valence-electron chi connectivity index (χ0n) is 9.42. The van der Waals surface area contributed by atoms with Crippen LogP contribution < -0.4 is 0 Å². The molecule has 0 aromatic heterocycles. The minimum Gasteiger partial charge on any atom is -0.294 e. The summed E-state index contributed by atoms with van der Waals surface area (Å²) in [6, 6.07) is 8.13. The maximum Gasteiger partial charge on any atom is 0.162 e. The summed E-state index contributed by atoms with van der Waals surface area (Å²) in [5, 5.41) is 0. The molecule has 0 amide bonds. The van der Waals surface area contributed by atoms with Crippen LogP contribution in [-0.4, -0.2) is 11.7 Å². The summed E-state index contributed by atoms with van der Waals surface area (Å²) in [4.78, 5) is 11.8. The summed E-state index contributed by atoms with van der Waals surface area (Å²) >= 11 is 5.59. The molecule has 1 nitrogen and oxygen atoms in total. The van der Waals surface area contributed by atoms with Crippen LogP contribution >= 0.6 is 11.6 Å². The van der Waals surface area contributed by atoms with Gasteiger partial charge in [0.05, 0.1) is 0 Å². The number of alkyl halides is 1. The van der Waals surface area contributed by atoms with Crippen molar-refractivity contribution in [2.75, 3.05) is 5.88 Å². The topological polar surface area (TPSA) is 17.1 Å². The van der Waals surface area contributed by atoms with E-state index in [4.69, 9.17) is 11.6 Å². The average Bonchev–Trinajstić information content (AvgIpc) is 2.24. The lowest BCUT2D eigenvalue weighted by atomic mass is 9.79. The molecule has 0 heterocycles. The molecule has 2 heteroatoms. The monoisotopic (exact) mass is 236 g/mol. The number of carbonyl (C=O) groups excluding carboxylic acids is 1. The minimum absolute atomic E-state index is 0.224. The maximum atomic E-state index is 11.8. The van der Waals surface area contributed by atoms with E-state index in [0.29, 0.717) is 18.2 Å². The number of hydrogen-bond donors (Lipinski definition) is 0. The number of Topliss-reactive ketones (excluding diaryl/α,β-unsaturated/α-hetero) is 1. The molecule has 1 aliphatic rings. The molecule has 2 rings (SSSR count). The van der Waals surface area contributed by atoms with Crippen LogP contribution in [0.4, 0.5) is 0 Å². The molecule has 0 saturated heterocycles. The summed E-state index contributed by atoms with van der Waals surface area (Å²) in [5.74, 6) is 1.48. The van der Waals surface area contributed by atoms with Crippen LogP contribution in [0.15, 0.2) is 24.3 Å². The predicted octanol–water partition coefficient (Wildman–Crippen LogP) is 4.16. The molecule has 0 unspecified atom stereocenters. The normalized spacial score (nSPS) is 15.8. The number of rotatable bonds is 5. The van der Waals surface area contributed by atoms with Crippen LogP contribution in [0.1, 0.15) is 53.9 Å². The summed E-state index contributed by atoms with van der Waals surface area (Å²) in [6.07, 6.45) is 5.22. The highest BCUT2D eigenvalue weighted by molar-refractivity contribution is 6.18. The largest absolute Gasteiger partial charge is 0.294 e. The van der Waals surface area contributed by atoms with Gasteiger partial charge in [0, 0.05) is 17.9 Å². The van der Waals surface area contributed by atoms with Crippen LogP contribution in [0.3, 0.4) is 0 Å². The van der Waals surface area contributed by atoms with E-state index >= 15 is 0 Å². The smallest absolute Gasteiger partial charge is 0.162 e. The van der Waals surface area contributed by atoms with Gasteiger partial charge in [-0.25, -0.2) is 0 Å². The fourth-order valence-corrected chi connectivity index (χ4v) is 2.21. The minimum atomic E-state index is 0.224. The molecule has 0 radical (unpaired) electrons. The second kappa shape index (κ2) is 5.49. The summed E-state index contributed by atoms with van der Waals surface area (Å²) < 4.78 is 0. The Labute approximate surface area is 102 Å². The Balaban J connectivity index is 2.05. The van der Waals surface area contributed by atoms with Crippen molar-refractivity contribution in [3.8, 4) is 0 Å². The van der Waals surface area contributed by atoms with E-state index in [9.17, 15) is 4.79 Å². The quantitative estimate of drug-likeness (QED) is 0.554. The van der Waals surface area contributed by atoms with Crippen LogP contribution in [0, 0.1) is 0 Å². The molecule has 0 spiro atoms.